The molecule has 0 aliphatic rings. The lowest BCUT2D eigenvalue weighted by Gasteiger charge is -2.04. The normalized spacial score (nSPS) is 10.7. The number of carbonyl (C=O) groups excluding carboxylic acids is 1. The quantitative estimate of drug-likeness (QED) is 0.766. The SMILES string of the molecule is Cc1ccnc(NC(=O)c2sc3ccccc3c2C)c1. The molecule has 0 radical (unpaired) electrons. The van der Waals surface area contributed by atoms with Crippen molar-refractivity contribution in [3.63, 3.8) is 0 Å². The van der Waals surface area contributed by atoms with E-state index in [2.05, 4.69) is 10.3 Å². The largest absolute Gasteiger partial charge is 0.306 e. The summed E-state index contributed by atoms with van der Waals surface area (Å²) in [7, 11) is 0. The molecule has 1 N–H and O–H groups in total. The predicted molar refractivity (Wildman–Crippen MR) is 83.5 cm³/mol. The molecule has 0 fully saturated rings. The van der Waals surface area contributed by atoms with Gasteiger partial charge in [-0.05, 0) is 48.6 Å². The van der Waals surface area contributed by atoms with E-state index in [1.165, 1.54) is 11.3 Å². The molecule has 2 heterocycles. The van der Waals surface area contributed by atoms with Gasteiger partial charge in [-0.3, -0.25) is 4.79 Å². The molecule has 0 saturated carbocycles. The van der Waals surface area contributed by atoms with Crippen LogP contribution in [-0.2, 0) is 0 Å². The monoisotopic (exact) mass is 282 g/mol. The van der Waals surface area contributed by atoms with Gasteiger partial charge in [0, 0.05) is 10.9 Å². The van der Waals surface area contributed by atoms with Crippen molar-refractivity contribution in [3.05, 3.63) is 58.6 Å². The fourth-order valence-corrected chi connectivity index (χ4v) is 3.27. The van der Waals surface area contributed by atoms with Crippen molar-refractivity contribution in [3.8, 4) is 0 Å². The number of aryl methyl sites for hydroxylation is 2. The number of carbonyl (C=O) groups is 1. The van der Waals surface area contributed by atoms with Crippen LogP contribution < -0.4 is 5.32 Å². The maximum Gasteiger partial charge on any atom is 0.267 e. The first-order valence-corrected chi connectivity index (χ1v) is 7.19. The van der Waals surface area contributed by atoms with Crippen molar-refractivity contribution in [2.45, 2.75) is 13.8 Å². The molecule has 0 bridgehead atoms. The van der Waals surface area contributed by atoms with Gasteiger partial charge < -0.3 is 5.32 Å². The van der Waals surface area contributed by atoms with E-state index in [-0.39, 0.29) is 5.91 Å². The Morgan fingerprint density at radius 2 is 2.00 bits per heavy atom. The smallest absolute Gasteiger partial charge is 0.267 e. The maximum atomic E-state index is 12.4. The summed E-state index contributed by atoms with van der Waals surface area (Å²) < 4.78 is 1.13. The number of amides is 1. The first kappa shape index (κ1) is 12.8. The minimum atomic E-state index is -0.0956. The average Bonchev–Trinajstić information content (AvgIpc) is 2.77. The Hall–Kier alpha value is -2.20. The summed E-state index contributed by atoms with van der Waals surface area (Å²) in [5.74, 6) is 0.494. The molecule has 3 nitrogen and oxygen atoms in total. The number of anilines is 1. The van der Waals surface area contributed by atoms with Crippen LogP contribution in [0.3, 0.4) is 0 Å². The van der Waals surface area contributed by atoms with Crippen molar-refractivity contribution in [2.24, 2.45) is 0 Å². The van der Waals surface area contributed by atoms with Crippen molar-refractivity contribution < 1.29 is 4.79 Å². The van der Waals surface area contributed by atoms with Crippen molar-refractivity contribution in [1.29, 1.82) is 0 Å². The summed E-state index contributed by atoms with van der Waals surface area (Å²) in [4.78, 5) is 17.3. The van der Waals surface area contributed by atoms with E-state index >= 15 is 0 Å². The van der Waals surface area contributed by atoms with Gasteiger partial charge in [-0.1, -0.05) is 18.2 Å². The Morgan fingerprint density at radius 3 is 2.75 bits per heavy atom. The first-order valence-electron chi connectivity index (χ1n) is 6.37. The number of nitrogens with one attached hydrogen (secondary N) is 1. The summed E-state index contributed by atoms with van der Waals surface area (Å²) in [6.07, 6.45) is 1.70. The van der Waals surface area contributed by atoms with Crippen molar-refractivity contribution in [1.82, 2.24) is 4.98 Å². The highest BCUT2D eigenvalue weighted by molar-refractivity contribution is 7.21. The molecule has 0 aliphatic carbocycles. The van der Waals surface area contributed by atoms with Crippen LogP contribution in [0.4, 0.5) is 5.82 Å². The van der Waals surface area contributed by atoms with Crippen LogP contribution in [-0.4, -0.2) is 10.9 Å². The molecule has 1 amide bonds. The molecule has 20 heavy (non-hydrogen) atoms. The zero-order chi connectivity index (χ0) is 14.1. The molecule has 0 unspecified atom stereocenters. The molecule has 3 aromatic rings. The number of nitrogens with zero attached hydrogens (tertiary/aromatic N) is 1. The topological polar surface area (TPSA) is 42.0 Å². The standard InChI is InChI=1S/C16H14N2OS/c1-10-7-8-17-14(9-10)18-16(19)15-11(2)12-5-3-4-6-13(12)20-15/h3-9H,1-2H3,(H,17,18,19). The number of aromatic nitrogens is 1. The number of pyridine rings is 1. The van der Waals surface area contributed by atoms with Crippen LogP contribution in [0.1, 0.15) is 20.8 Å². The zero-order valence-corrected chi connectivity index (χ0v) is 12.1. The fourth-order valence-electron chi connectivity index (χ4n) is 2.17. The van der Waals surface area contributed by atoms with Crippen molar-refractivity contribution in [2.75, 3.05) is 5.32 Å². The Labute approximate surface area is 121 Å². The lowest BCUT2D eigenvalue weighted by atomic mass is 10.1. The minimum absolute atomic E-state index is 0.0956. The molecule has 0 saturated heterocycles. The lowest BCUT2D eigenvalue weighted by Crippen LogP contribution is -2.12. The third-order valence-electron chi connectivity index (χ3n) is 3.21. The van der Waals surface area contributed by atoms with Crippen molar-refractivity contribution >= 4 is 33.1 Å². The van der Waals surface area contributed by atoms with E-state index in [1.807, 2.05) is 50.2 Å². The number of rotatable bonds is 2. The third kappa shape index (κ3) is 2.30. The Morgan fingerprint density at radius 1 is 1.20 bits per heavy atom. The molecule has 4 heteroatoms. The fraction of sp³-hybridized carbons (Fsp3) is 0.125. The van der Waals surface area contributed by atoms with E-state index in [9.17, 15) is 4.79 Å². The van der Waals surface area contributed by atoms with Crippen LogP contribution in [0.2, 0.25) is 0 Å². The van der Waals surface area contributed by atoms with Gasteiger partial charge in [0.2, 0.25) is 0 Å². The average molecular weight is 282 g/mol. The second-order valence-corrected chi connectivity index (χ2v) is 5.78. The highest BCUT2D eigenvalue weighted by Gasteiger charge is 2.15. The molecule has 1 aromatic carbocycles. The Kier molecular flexibility index (Phi) is 3.24. The molecule has 3 rings (SSSR count). The Bertz CT molecular complexity index is 792. The maximum absolute atomic E-state index is 12.4. The molecule has 100 valence electrons. The van der Waals surface area contributed by atoms with Gasteiger partial charge in [0.1, 0.15) is 5.82 Å². The first-order chi connectivity index (χ1) is 9.65. The van der Waals surface area contributed by atoms with Crippen LogP contribution >= 0.6 is 11.3 Å². The van der Waals surface area contributed by atoms with E-state index < -0.39 is 0 Å². The zero-order valence-electron chi connectivity index (χ0n) is 11.3. The van der Waals surface area contributed by atoms with Gasteiger partial charge in [-0.15, -0.1) is 11.3 Å². The molecular formula is C16H14N2OS. The lowest BCUT2D eigenvalue weighted by molar-refractivity contribution is 0.102. The summed E-state index contributed by atoms with van der Waals surface area (Å²) >= 11 is 1.52. The highest BCUT2D eigenvalue weighted by atomic mass is 32.1. The van der Waals surface area contributed by atoms with Crippen LogP contribution in [0, 0.1) is 13.8 Å². The highest BCUT2D eigenvalue weighted by Crippen LogP contribution is 2.30. The number of benzene rings is 1. The van der Waals surface area contributed by atoms with Gasteiger partial charge >= 0.3 is 0 Å². The van der Waals surface area contributed by atoms with E-state index in [4.69, 9.17) is 0 Å². The third-order valence-corrected chi connectivity index (χ3v) is 4.48. The molecule has 0 aliphatic heterocycles. The van der Waals surface area contributed by atoms with E-state index in [0.717, 1.165) is 26.1 Å². The molecule has 0 spiro atoms. The van der Waals surface area contributed by atoms with Gasteiger partial charge in [0.15, 0.2) is 0 Å². The predicted octanol–water partition coefficient (Wildman–Crippen LogP) is 4.17. The van der Waals surface area contributed by atoms with Gasteiger partial charge in [0.05, 0.1) is 4.88 Å². The summed E-state index contributed by atoms with van der Waals surface area (Å²) in [5.41, 5.74) is 2.10. The summed E-state index contributed by atoms with van der Waals surface area (Å²) in [6, 6.07) is 11.8. The number of hydrogen-bond donors (Lipinski definition) is 1. The van der Waals surface area contributed by atoms with Crippen LogP contribution in [0.5, 0.6) is 0 Å². The number of thiophene rings is 1. The molecule has 0 atom stereocenters. The van der Waals surface area contributed by atoms with E-state index in [0.29, 0.717) is 5.82 Å². The van der Waals surface area contributed by atoms with Gasteiger partial charge in [-0.2, -0.15) is 0 Å². The van der Waals surface area contributed by atoms with E-state index in [1.54, 1.807) is 6.20 Å². The summed E-state index contributed by atoms with van der Waals surface area (Å²) in [5, 5.41) is 4.00. The van der Waals surface area contributed by atoms with Gasteiger partial charge in [-0.25, -0.2) is 4.98 Å². The van der Waals surface area contributed by atoms with Crippen LogP contribution in [0.25, 0.3) is 10.1 Å². The molecular weight excluding hydrogens is 268 g/mol. The second-order valence-electron chi connectivity index (χ2n) is 4.72. The number of fused-ring (bicyclic) bond motifs is 1. The van der Waals surface area contributed by atoms with Crippen LogP contribution in [0.15, 0.2) is 42.6 Å². The summed E-state index contributed by atoms with van der Waals surface area (Å²) in [6.45, 7) is 3.96. The minimum Gasteiger partial charge on any atom is -0.306 e. The molecule has 2 aromatic heterocycles. The number of hydrogen-bond acceptors (Lipinski definition) is 3. The second kappa shape index (κ2) is 5.06. The van der Waals surface area contributed by atoms with Gasteiger partial charge in [0.25, 0.3) is 5.91 Å². The Balaban J connectivity index is 1.95.